The normalized spacial score (nSPS) is 12.7. The van der Waals surface area contributed by atoms with Crippen molar-refractivity contribution in [2.45, 2.75) is 11.2 Å². The fourth-order valence-electron chi connectivity index (χ4n) is 1.49. The lowest BCUT2D eigenvalue weighted by atomic mass is 10.1. The van der Waals surface area contributed by atoms with Crippen LogP contribution in [-0.4, -0.2) is 0 Å². The first kappa shape index (κ1) is 13.5. The molecule has 0 spiro atoms. The monoisotopic (exact) mass is 396 g/mol. The molecule has 0 aliphatic heterocycles. The van der Waals surface area contributed by atoms with Crippen LogP contribution in [0.3, 0.4) is 0 Å². The van der Waals surface area contributed by atoms with Gasteiger partial charge in [0, 0.05) is 4.88 Å². The van der Waals surface area contributed by atoms with E-state index in [2.05, 4.69) is 31.9 Å². The van der Waals surface area contributed by atoms with Crippen LogP contribution in [0.25, 0.3) is 0 Å². The molecule has 5 heteroatoms. The van der Waals surface area contributed by atoms with E-state index >= 15 is 0 Å². The van der Waals surface area contributed by atoms with Gasteiger partial charge in [0.15, 0.2) is 0 Å². The molecule has 0 amide bonds. The Morgan fingerprint density at radius 3 is 2.71 bits per heavy atom. The predicted octanol–water partition coefficient (Wildman–Crippen LogP) is 5.98. The fourth-order valence-corrected chi connectivity index (χ4v) is 4.00. The molecule has 0 saturated heterocycles. The first-order valence-electron chi connectivity index (χ1n) is 4.89. The summed E-state index contributed by atoms with van der Waals surface area (Å²) in [5.41, 5.74) is 0.965. The van der Waals surface area contributed by atoms with Crippen LogP contribution in [-0.2, 0) is 6.42 Å². The minimum Gasteiger partial charge on any atom is -0.207 e. The molecule has 1 unspecified atom stereocenters. The van der Waals surface area contributed by atoms with Crippen molar-refractivity contribution in [3.8, 4) is 0 Å². The third-order valence-corrected chi connectivity index (χ3v) is 5.99. The lowest BCUT2D eigenvalue weighted by Gasteiger charge is -2.07. The SMILES string of the molecule is Fc1cccc(CC(Br)c2cc(Cl)c(Br)s2)c1. The summed E-state index contributed by atoms with van der Waals surface area (Å²) in [7, 11) is 0. The Hall–Kier alpha value is 0.1000. The van der Waals surface area contributed by atoms with E-state index in [-0.39, 0.29) is 10.6 Å². The number of thiophene rings is 1. The van der Waals surface area contributed by atoms with Gasteiger partial charge in [-0.2, -0.15) is 0 Å². The molecule has 2 rings (SSSR count). The summed E-state index contributed by atoms with van der Waals surface area (Å²) in [5.74, 6) is -0.201. The first-order valence-corrected chi connectivity index (χ1v) is 7.80. The maximum atomic E-state index is 13.0. The number of alkyl halides is 1. The molecule has 90 valence electrons. The van der Waals surface area contributed by atoms with Gasteiger partial charge in [0.25, 0.3) is 0 Å². The molecule has 0 nitrogen and oxygen atoms in total. The second-order valence-electron chi connectivity index (χ2n) is 3.57. The maximum absolute atomic E-state index is 13.0. The van der Waals surface area contributed by atoms with Gasteiger partial charge in [0.2, 0.25) is 0 Å². The lowest BCUT2D eigenvalue weighted by molar-refractivity contribution is 0.625. The summed E-state index contributed by atoms with van der Waals surface area (Å²) in [6.45, 7) is 0. The van der Waals surface area contributed by atoms with Crippen LogP contribution in [0.2, 0.25) is 5.02 Å². The highest BCUT2D eigenvalue weighted by Gasteiger charge is 2.14. The topological polar surface area (TPSA) is 0 Å². The largest absolute Gasteiger partial charge is 0.207 e. The molecule has 17 heavy (non-hydrogen) atoms. The van der Waals surface area contributed by atoms with E-state index in [1.165, 1.54) is 6.07 Å². The first-order chi connectivity index (χ1) is 8.06. The molecule has 0 N–H and O–H groups in total. The van der Waals surface area contributed by atoms with Gasteiger partial charge >= 0.3 is 0 Å². The summed E-state index contributed by atoms with van der Waals surface area (Å²) in [6.07, 6.45) is 0.737. The quantitative estimate of drug-likeness (QED) is 0.558. The molecule has 1 heterocycles. The summed E-state index contributed by atoms with van der Waals surface area (Å²) in [5, 5.41) is 0.716. The fraction of sp³-hybridized carbons (Fsp3) is 0.167. The smallest absolute Gasteiger partial charge is 0.123 e. The molecule has 1 aromatic heterocycles. The van der Waals surface area contributed by atoms with Crippen molar-refractivity contribution in [2.75, 3.05) is 0 Å². The van der Waals surface area contributed by atoms with E-state index < -0.39 is 0 Å². The van der Waals surface area contributed by atoms with Crippen LogP contribution in [0.4, 0.5) is 4.39 Å². The third-order valence-electron chi connectivity index (χ3n) is 2.28. The Kier molecular flexibility index (Phi) is 4.64. The van der Waals surface area contributed by atoms with Gasteiger partial charge in [-0.1, -0.05) is 39.7 Å². The molecule has 2 aromatic rings. The summed E-state index contributed by atoms with van der Waals surface area (Å²) in [6, 6.07) is 8.57. The van der Waals surface area contributed by atoms with Crippen molar-refractivity contribution in [1.29, 1.82) is 0 Å². The van der Waals surface area contributed by atoms with Crippen molar-refractivity contribution >= 4 is 54.8 Å². The van der Waals surface area contributed by atoms with Crippen molar-refractivity contribution in [1.82, 2.24) is 0 Å². The molecular formula is C12H8Br2ClFS. The van der Waals surface area contributed by atoms with E-state index in [1.54, 1.807) is 23.5 Å². The molecule has 1 atom stereocenters. The zero-order valence-electron chi connectivity index (χ0n) is 8.59. The summed E-state index contributed by atoms with van der Waals surface area (Å²) < 4.78 is 14.0. The predicted molar refractivity (Wildman–Crippen MR) is 78.8 cm³/mol. The van der Waals surface area contributed by atoms with Gasteiger partial charge in [0.05, 0.1) is 13.6 Å². The minimum atomic E-state index is -0.201. The third kappa shape index (κ3) is 3.53. The van der Waals surface area contributed by atoms with E-state index in [9.17, 15) is 4.39 Å². The number of halogens is 4. The molecular weight excluding hydrogens is 390 g/mol. The van der Waals surface area contributed by atoms with Crippen LogP contribution in [0, 0.1) is 5.82 Å². The van der Waals surface area contributed by atoms with Gasteiger partial charge in [-0.15, -0.1) is 11.3 Å². The van der Waals surface area contributed by atoms with Crippen molar-refractivity contribution < 1.29 is 4.39 Å². The van der Waals surface area contributed by atoms with E-state index in [4.69, 9.17) is 11.6 Å². The molecule has 0 fully saturated rings. The van der Waals surface area contributed by atoms with Crippen LogP contribution >= 0.6 is 54.8 Å². The maximum Gasteiger partial charge on any atom is 0.123 e. The second-order valence-corrected chi connectivity index (χ2v) is 7.49. The average molecular weight is 399 g/mol. The van der Waals surface area contributed by atoms with Crippen molar-refractivity contribution in [3.63, 3.8) is 0 Å². The zero-order chi connectivity index (χ0) is 12.4. The Morgan fingerprint density at radius 2 is 2.12 bits per heavy atom. The summed E-state index contributed by atoms with van der Waals surface area (Å²) in [4.78, 5) is 1.28. The molecule has 0 bridgehead atoms. The van der Waals surface area contributed by atoms with Gasteiger partial charge in [-0.25, -0.2) is 4.39 Å². The van der Waals surface area contributed by atoms with Gasteiger partial charge in [0.1, 0.15) is 5.82 Å². The second kappa shape index (κ2) is 5.83. The van der Waals surface area contributed by atoms with Gasteiger partial charge in [-0.3, -0.25) is 0 Å². The van der Waals surface area contributed by atoms with Crippen molar-refractivity contribution in [3.05, 3.63) is 55.4 Å². The Morgan fingerprint density at radius 1 is 1.35 bits per heavy atom. The molecule has 0 aliphatic carbocycles. The van der Waals surface area contributed by atoms with Crippen LogP contribution < -0.4 is 0 Å². The van der Waals surface area contributed by atoms with Gasteiger partial charge in [-0.05, 0) is 46.1 Å². The Bertz CT molecular complexity index is 507. The Balaban J connectivity index is 2.14. The van der Waals surface area contributed by atoms with Crippen LogP contribution in [0.15, 0.2) is 34.1 Å². The number of rotatable bonds is 3. The highest BCUT2D eigenvalue weighted by Crippen LogP contribution is 2.39. The number of hydrogen-bond donors (Lipinski definition) is 0. The number of benzene rings is 1. The average Bonchev–Trinajstić information content (AvgIpc) is 2.59. The highest BCUT2D eigenvalue weighted by molar-refractivity contribution is 9.11. The Labute approximate surface area is 125 Å². The molecule has 0 radical (unpaired) electrons. The van der Waals surface area contributed by atoms with Crippen LogP contribution in [0.1, 0.15) is 15.3 Å². The van der Waals surface area contributed by atoms with E-state index in [0.717, 1.165) is 20.6 Å². The van der Waals surface area contributed by atoms with E-state index in [1.807, 2.05) is 12.1 Å². The minimum absolute atomic E-state index is 0.151. The standard InChI is InChI=1S/C12H8Br2ClFS/c13-9(11-6-10(15)12(14)17-11)5-7-2-1-3-8(16)4-7/h1-4,6,9H,5H2. The molecule has 0 saturated carbocycles. The van der Waals surface area contributed by atoms with Crippen LogP contribution in [0.5, 0.6) is 0 Å². The van der Waals surface area contributed by atoms with Crippen molar-refractivity contribution in [2.24, 2.45) is 0 Å². The molecule has 0 aliphatic rings. The number of hydrogen-bond acceptors (Lipinski definition) is 1. The lowest BCUT2D eigenvalue weighted by Crippen LogP contribution is -1.93. The summed E-state index contributed by atoms with van der Waals surface area (Å²) >= 11 is 14.6. The van der Waals surface area contributed by atoms with Gasteiger partial charge < -0.3 is 0 Å². The zero-order valence-corrected chi connectivity index (χ0v) is 13.3. The highest BCUT2D eigenvalue weighted by atomic mass is 79.9. The van der Waals surface area contributed by atoms with E-state index in [0.29, 0.717) is 5.02 Å². The molecule has 1 aromatic carbocycles.